The van der Waals surface area contributed by atoms with Crippen molar-refractivity contribution in [2.24, 2.45) is 139 Å². The SMILES string of the molecule is CC(C)(C)C1CCC2CC21.CC(C)(C)C1CCC2CC2C1.CC(C)(C)C1CCC2CCC21.CC(C)(C)C1CCC2CCC2C1.CC(C)(C)C1CCC2CCCC21.CC(C)(C)C1CCCC2CCCCC21. The second-order valence-corrected chi connectivity index (χ2v) is 34.9. The van der Waals surface area contributed by atoms with E-state index in [0.717, 1.165) is 107 Å². The van der Waals surface area contributed by atoms with Crippen LogP contribution in [-0.2, 0) is 0 Å². The van der Waals surface area contributed by atoms with Crippen LogP contribution in [0.25, 0.3) is 0 Å². The standard InChI is InChI=1S/C14H26.2C12H22.2C11H20.C10H18/c1-14(2,3)13-10-6-8-11-7-4-5-9-12(11)13;1-12(2,3)11-7-6-9-4-5-10(9)8-11;1-12(2,3)11-8-7-9-5-4-6-10(9)11;1-11(2,3)10-7-5-8-4-6-9(8)10;1-11(2,3)10-5-4-8-6-9(8)7-10;1-10(2,3)9-5-4-7-6-8(7)9/h11-13H,4-10H2,1-3H3;2*9-11H,4-8H2,1-3H3;2*8-10H,4-7H2,1-3H3;7-9H,4-6H2,1-3H3. The van der Waals surface area contributed by atoms with Crippen LogP contribution in [0.2, 0.25) is 0 Å². The highest BCUT2D eigenvalue weighted by atomic mass is 14.6. The molecule has 0 aromatic heterocycles. The lowest BCUT2D eigenvalue weighted by Gasteiger charge is -2.47. The maximum absolute atomic E-state index is 2.45. The lowest BCUT2D eigenvalue weighted by atomic mass is 9.58. The van der Waals surface area contributed by atoms with Crippen molar-refractivity contribution in [2.75, 3.05) is 0 Å². The Labute approximate surface area is 441 Å². The second-order valence-electron chi connectivity index (χ2n) is 34.9. The van der Waals surface area contributed by atoms with Crippen molar-refractivity contribution in [3.63, 3.8) is 0 Å². The molecule has 18 unspecified atom stereocenters. The summed E-state index contributed by atoms with van der Waals surface area (Å²) in [5.41, 5.74) is 3.45. The zero-order valence-electron chi connectivity index (χ0n) is 51.2. The maximum atomic E-state index is 2.45. The third kappa shape index (κ3) is 15.1. The molecule has 0 saturated heterocycles. The van der Waals surface area contributed by atoms with E-state index in [-0.39, 0.29) is 0 Å². The molecule has 0 aromatic rings. The Morgan fingerprint density at radius 3 is 0.900 bits per heavy atom. The fourth-order valence-electron chi connectivity index (χ4n) is 19.2. The molecule has 12 aliphatic rings. The summed E-state index contributed by atoms with van der Waals surface area (Å²) in [6, 6.07) is 0. The molecule has 0 heteroatoms. The van der Waals surface area contributed by atoms with Crippen molar-refractivity contribution in [3.8, 4) is 0 Å². The van der Waals surface area contributed by atoms with Crippen molar-refractivity contribution in [2.45, 2.75) is 304 Å². The van der Waals surface area contributed by atoms with E-state index in [9.17, 15) is 0 Å². The summed E-state index contributed by atoms with van der Waals surface area (Å²) < 4.78 is 0. The third-order valence-electron chi connectivity index (χ3n) is 24.3. The molecule has 408 valence electrons. The third-order valence-corrected chi connectivity index (χ3v) is 24.3. The summed E-state index contributed by atoms with van der Waals surface area (Å²) in [7, 11) is 0. The Morgan fingerprint density at radius 1 is 0.186 bits per heavy atom. The summed E-state index contributed by atoms with van der Waals surface area (Å²) in [5.74, 6) is 19.7. The van der Waals surface area contributed by atoms with Gasteiger partial charge in [-0.25, -0.2) is 0 Å². The van der Waals surface area contributed by atoms with Crippen molar-refractivity contribution in [1.29, 1.82) is 0 Å². The van der Waals surface area contributed by atoms with Crippen LogP contribution in [0.1, 0.15) is 304 Å². The predicted molar refractivity (Wildman–Crippen MR) is 309 cm³/mol. The molecule has 70 heavy (non-hydrogen) atoms. The molecular formula is C70H128. The minimum Gasteiger partial charge on any atom is -0.0599 e. The average Bonchev–Trinajstić information content (AvgIpc) is 3.92. The topological polar surface area (TPSA) is 0 Å². The molecule has 18 atom stereocenters. The maximum Gasteiger partial charge on any atom is -0.0334 e. The van der Waals surface area contributed by atoms with Gasteiger partial charge in [-0.2, -0.15) is 0 Å². The lowest BCUT2D eigenvalue weighted by Crippen LogP contribution is -2.37. The minimum atomic E-state index is 0.556. The van der Waals surface area contributed by atoms with Gasteiger partial charge in [0.25, 0.3) is 0 Å². The second kappa shape index (κ2) is 22.9. The molecule has 12 fully saturated rings. The normalized spacial score (nSPS) is 42.3. The Balaban J connectivity index is 0.000000124. The average molecular weight is 970 g/mol. The first kappa shape index (κ1) is 57.7. The number of hydrogen-bond acceptors (Lipinski definition) is 0. The van der Waals surface area contributed by atoms with Gasteiger partial charge in [0.1, 0.15) is 0 Å². The summed E-state index contributed by atoms with van der Waals surface area (Å²) in [6.07, 6.45) is 42.8. The molecule has 12 rings (SSSR count). The Hall–Kier alpha value is 0. The molecule has 0 aliphatic heterocycles. The Morgan fingerprint density at radius 2 is 0.514 bits per heavy atom. The van der Waals surface area contributed by atoms with Gasteiger partial charge >= 0.3 is 0 Å². The monoisotopic (exact) mass is 969 g/mol. The van der Waals surface area contributed by atoms with Crippen LogP contribution in [0.5, 0.6) is 0 Å². The molecule has 0 nitrogen and oxygen atoms in total. The predicted octanol–water partition coefficient (Wildman–Crippen LogP) is 22.4. The number of fused-ring (bicyclic) bond motifs is 6. The van der Waals surface area contributed by atoms with Crippen LogP contribution in [0.15, 0.2) is 0 Å². The van der Waals surface area contributed by atoms with E-state index in [0.29, 0.717) is 32.5 Å². The van der Waals surface area contributed by atoms with Crippen LogP contribution in [-0.4, -0.2) is 0 Å². The van der Waals surface area contributed by atoms with E-state index in [4.69, 9.17) is 0 Å². The molecule has 0 N–H and O–H groups in total. The van der Waals surface area contributed by atoms with Crippen molar-refractivity contribution in [3.05, 3.63) is 0 Å². The van der Waals surface area contributed by atoms with Crippen molar-refractivity contribution >= 4 is 0 Å². The molecule has 0 heterocycles. The van der Waals surface area contributed by atoms with E-state index < -0.39 is 0 Å². The van der Waals surface area contributed by atoms with Gasteiger partial charge in [0.05, 0.1) is 0 Å². The minimum absolute atomic E-state index is 0.556. The first-order chi connectivity index (χ1) is 32.5. The van der Waals surface area contributed by atoms with Gasteiger partial charge in [-0.1, -0.05) is 170 Å². The first-order valence-electron chi connectivity index (χ1n) is 32.5. The zero-order valence-corrected chi connectivity index (χ0v) is 51.2. The first-order valence-corrected chi connectivity index (χ1v) is 32.5. The molecule has 0 radical (unpaired) electrons. The van der Waals surface area contributed by atoms with Gasteiger partial charge < -0.3 is 0 Å². The fraction of sp³-hybridized carbons (Fsp3) is 1.00. The molecule has 0 aromatic carbocycles. The van der Waals surface area contributed by atoms with E-state index in [2.05, 4.69) is 125 Å². The molecule has 12 aliphatic carbocycles. The van der Waals surface area contributed by atoms with Gasteiger partial charge in [0, 0.05) is 0 Å². The Bertz CT molecular complexity index is 1570. The molecule has 0 amide bonds. The van der Waals surface area contributed by atoms with Crippen LogP contribution in [0.4, 0.5) is 0 Å². The summed E-state index contributed by atoms with van der Waals surface area (Å²) >= 11 is 0. The van der Waals surface area contributed by atoms with Crippen LogP contribution >= 0.6 is 0 Å². The summed E-state index contributed by atoms with van der Waals surface area (Å²) in [5, 5.41) is 0. The Kier molecular flexibility index (Phi) is 18.9. The zero-order chi connectivity index (χ0) is 51.2. The highest BCUT2D eigenvalue weighted by molar-refractivity contribution is 5.02. The molecule has 12 saturated carbocycles. The molecule has 0 spiro atoms. The molecule has 0 bridgehead atoms. The van der Waals surface area contributed by atoms with Crippen LogP contribution < -0.4 is 0 Å². The lowest BCUT2D eigenvalue weighted by molar-refractivity contribution is 0.0331. The van der Waals surface area contributed by atoms with Gasteiger partial charge in [0.2, 0.25) is 0 Å². The number of rotatable bonds is 0. The highest BCUT2D eigenvalue weighted by Crippen LogP contribution is 2.61. The van der Waals surface area contributed by atoms with Crippen LogP contribution in [0, 0.1) is 139 Å². The van der Waals surface area contributed by atoms with Gasteiger partial charge in [-0.15, -0.1) is 0 Å². The van der Waals surface area contributed by atoms with Gasteiger partial charge in [-0.3, -0.25) is 0 Å². The number of hydrogen-bond donors (Lipinski definition) is 0. The van der Waals surface area contributed by atoms with Crippen molar-refractivity contribution in [1.82, 2.24) is 0 Å². The van der Waals surface area contributed by atoms with E-state index >= 15 is 0 Å². The van der Waals surface area contributed by atoms with E-state index in [1.54, 1.807) is 19.3 Å². The smallest absolute Gasteiger partial charge is 0.0334 e. The van der Waals surface area contributed by atoms with Crippen LogP contribution in [0.3, 0.4) is 0 Å². The van der Waals surface area contributed by atoms with E-state index in [1.165, 1.54) is 161 Å². The summed E-state index contributed by atoms with van der Waals surface area (Å²) in [6.45, 7) is 43.5. The largest absolute Gasteiger partial charge is 0.0599 e. The van der Waals surface area contributed by atoms with Gasteiger partial charge in [-0.05, 0) is 274 Å². The van der Waals surface area contributed by atoms with Gasteiger partial charge in [0.15, 0.2) is 0 Å². The molecular weight excluding hydrogens is 841 g/mol. The summed E-state index contributed by atoms with van der Waals surface area (Å²) in [4.78, 5) is 0. The quantitative estimate of drug-likeness (QED) is 0.227. The van der Waals surface area contributed by atoms with E-state index in [1.807, 2.05) is 0 Å². The highest BCUT2D eigenvalue weighted by Gasteiger charge is 2.52. The van der Waals surface area contributed by atoms with Crippen molar-refractivity contribution < 1.29 is 0 Å². The fourth-order valence-corrected chi connectivity index (χ4v) is 19.2.